The van der Waals surface area contributed by atoms with Gasteiger partial charge in [0.25, 0.3) is 11.6 Å². The fourth-order valence-electron chi connectivity index (χ4n) is 2.53. The van der Waals surface area contributed by atoms with Gasteiger partial charge in [-0.05, 0) is 32.3 Å². The third-order valence-corrected chi connectivity index (χ3v) is 3.83. The van der Waals surface area contributed by atoms with Crippen molar-refractivity contribution in [3.05, 3.63) is 39.4 Å². The number of amides is 1. The molecule has 23 heavy (non-hydrogen) atoms. The number of carbonyl (C=O) groups is 1. The number of hydrogen-bond donors (Lipinski definition) is 1. The molecule has 1 unspecified atom stereocenters. The van der Waals surface area contributed by atoms with Crippen molar-refractivity contribution in [3.63, 3.8) is 0 Å². The third kappa shape index (κ3) is 5.01. The first-order valence-electron chi connectivity index (χ1n) is 7.81. The maximum absolute atomic E-state index is 12.1. The van der Waals surface area contributed by atoms with E-state index in [0.29, 0.717) is 37.3 Å². The Balaban J connectivity index is 1.70. The summed E-state index contributed by atoms with van der Waals surface area (Å²) in [5.41, 5.74) is 0.668. The molecule has 0 spiro atoms. The molecule has 2 rings (SSSR count). The van der Waals surface area contributed by atoms with E-state index < -0.39 is 4.92 Å². The van der Waals surface area contributed by atoms with Gasteiger partial charge in [-0.15, -0.1) is 0 Å². The molecule has 1 heterocycles. The molecule has 0 aromatic heterocycles. The van der Waals surface area contributed by atoms with Crippen LogP contribution in [-0.2, 0) is 9.47 Å². The molecular formula is C16H22N2O5. The number of nitro groups is 1. The van der Waals surface area contributed by atoms with E-state index in [9.17, 15) is 14.9 Å². The van der Waals surface area contributed by atoms with Crippen LogP contribution in [0.25, 0.3) is 0 Å². The highest BCUT2D eigenvalue weighted by Crippen LogP contribution is 2.20. The number of carbonyl (C=O) groups excluding carboxylic acids is 1. The molecule has 1 saturated heterocycles. The molecule has 1 aromatic carbocycles. The standard InChI is InChI=1S/C16H22N2O5/c1-12-14(6-2-7-15(12)18(20)21)16(19)17-8-4-9-22-11-13-5-3-10-23-13/h2,6-7,13H,3-5,8-11H2,1H3,(H,17,19). The SMILES string of the molecule is Cc1c(C(=O)NCCCOCC2CCCO2)cccc1[N+](=O)[O-]. The van der Waals surface area contributed by atoms with E-state index in [1.807, 2.05) is 0 Å². The summed E-state index contributed by atoms with van der Waals surface area (Å²) in [6.07, 6.45) is 3.03. The van der Waals surface area contributed by atoms with Crippen molar-refractivity contribution < 1.29 is 19.2 Å². The van der Waals surface area contributed by atoms with Gasteiger partial charge >= 0.3 is 0 Å². The smallest absolute Gasteiger partial charge is 0.273 e. The molecular weight excluding hydrogens is 300 g/mol. The molecule has 1 atom stereocenters. The van der Waals surface area contributed by atoms with Crippen molar-refractivity contribution in [2.45, 2.75) is 32.3 Å². The first-order valence-corrected chi connectivity index (χ1v) is 7.81. The second kappa shape index (κ2) is 8.59. The van der Waals surface area contributed by atoms with Gasteiger partial charge in [0.05, 0.1) is 17.6 Å². The van der Waals surface area contributed by atoms with E-state index in [2.05, 4.69) is 5.32 Å². The Morgan fingerprint density at radius 1 is 1.52 bits per heavy atom. The lowest BCUT2D eigenvalue weighted by atomic mass is 10.1. The van der Waals surface area contributed by atoms with Crippen LogP contribution in [0.2, 0.25) is 0 Å². The van der Waals surface area contributed by atoms with E-state index in [1.54, 1.807) is 13.0 Å². The molecule has 0 saturated carbocycles. The highest BCUT2D eigenvalue weighted by atomic mass is 16.6. The van der Waals surface area contributed by atoms with Crippen LogP contribution >= 0.6 is 0 Å². The summed E-state index contributed by atoms with van der Waals surface area (Å²) in [6.45, 7) is 4.00. The first-order chi connectivity index (χ1) is 11.1. The van der Waals surface area contributed by atoms with Gasteiger partial charge in [-0.3, -0.25) is 14.9 Å². The van der Waals surface area contributed by atoms with Crippen molar-refractivity contribution in [1.82, 2.24) is 5.32 Å². The molecule has 0 aliphatic carbocycles. The molecule has 1 aliphatic rings. The Labute approximate surface area is 135 Å². The molecule has 126 valence electrons. The van der Waals surface area contributed by atoms with Crippen LogP contribution < -0.4 is 5.32 Å². The number of benzene rings is 1. The number of nitrogens with one attached hydrogen (secondary N) is 1. The topological polar surface area (TPSA) is 90.7 Å². The largest absolute Gasteiger partial charge is 0.379 e. The number of hydrogen-bond acceptors (Lipinski definition) is 5. The molecule has 1 fully saturated rings. The average Bonchev–Trinajstić information content (AvgIpc) is 3.03. The van der Waals surface area contributed by atoms with Crippen LogP contribution in [0, 0.1) is 17.0 Å². The minimum absolute atomic E-state index is 0.0439. The Kier molecular flexibility index (Phi) is 6.49. The summed E-state index contributed by atoms with van der Waals surface area (Å²) >= 11 is 0. The minimum atomic E-state index is -0.481. The monoisotopic (exact) mass is 322 g/mol. The van der Waals surface area contributed by atoms with Gasteiger partial charge < -0.3 is 14.8 Å². The minimum Gasteiger partial charge on any atom is -0.379 e. The van der Waals surface area contributed by atoms with E-state index in [-0.39, 0.29) is 17.7 Å². The van der Waals surface area contributed by atoms with Gasteiger partial charge in [-0.2, -0.15) is 0 Å². The van der Waals surface area contributed by atoms with Crippen LogP contribution in [0.3, 0.4) is 0 Å². The molecule has 7 heteroatoms. The zero-order chi connectivity index (χ0) is 16.7. The molecule has 1 N–H and O–H groups in total. The molecule has 1 aromatic rings. The van der Waals surface area contributed by atoms with Crippen LogP contribution in [0.1, 0.15) is 35.2 Å². The predicted octanol–water partition coefficient (Wildman–Crippen LogP) is 2.22. The van der Waals surface area contributed by atoms with E-state index in [4.69, 9.17) is 9.47 Å². The van der Waals surface area contributed by atoms with E-state index in [1.165, 1.54) is 12.1 Å². The molecule has 7 nitrogen and oxygen atoms in total. The zero-order valence-corrected chi connectivity index (χ0v) is 13.2. The lowest BCUT2D eigenvalue weighted by Crippen LogP contribution is -2.26. The highest BCUT2D eigenvalue weighted by Gasteiger charge is 2.17. The van der Waals surface area contributed by atoms with Crippen LogP contribution in [0.4, 0.5) is 5.69 Å². The normalized spacial score (nSPS) is 17.2. The van der Waals surface area contributed by atoms with Crippen molar-refractivity contribution in [2.24, 2.45) is 0 Å². The second-order valence-electron chi connectivity index (χ2n) is 5.53. The Morgan fingerprint density at radius 3 is 3.04 bits per heavy atom. The lowest BCUT2D eigenvalue weighted by molar-refractivity contribution is -0.385. The number of nitro benzene ring substituents is 1. The van der Waals surface area contributed by atoms with Crippen LogP contribution in [0.15, 0.2) is 18.2 Å². The second-order valence-corrected chi connectivity index (χ2v) is 5.53. The van der Waals surface area contributed by atoms with Gasteiger partial charge in [0, 0.05) is 37.0 Å². The molecule has 0 bridgehead atoms. The molecule has 1 aliphatic heterocycles. The van der Waals surface area contributed by atoms with Gasteiger partial charge in [0.15, 0.2) is 0 Å². The Morgan fingerprint density at radius 2 is 2.35 bits per heavy atom. The lowest BCUT2D eigenvalue weighted by Gasteiger charge is -2.11. The fraction of sp³-hybridized carbons (Fsp3) is 0.562. The highest BCUT2D eigenvalue weighted by molar-refractivity contribution is 5.96. The number of ether oxygens (including phenoxy) is 2. The predicted molar refractivity (Wildman–Crippen MR) is 84.6 cm³/mol. The van der Waals surface area contributed by atoms with Gasteiger partial charge in [-0.25, -0.2) is 0 Å². The zero-order valence-electron chi connectivity index (χ0n) is 13.2. The summed E-state index contributed by atoms with van der Waals surface area (Å²) < 4.78 is 11.0. The van der Waals surface area contributed by atoms with Gasteiger partial charge in [-0.1, -0.05) is 6.07 Å². The summed E-state index contributed by atoms with van der Waals surface area (Å²) in [5, 5.41) is 13.6. The van der Waals surface area contributed by atoms with Gasteiger partial charge in [0.2, 0.25) is 0 Å². The maximum atomic E-state index is 12.1. The quantitative estimate of drug-likeness (QED) is 0.450. The first kappa shape index (κ1) is 17.4. The summed E-state index contributed by atoms with van der Waals surface area (Å²) in [5.74, 6) is -0.301. The third-order valence-electron chi connectivity index (χ3n) is 3.83. The Bertz CT molecular complexity index is 555. The number of nitrogens with zero attached hydrogens (tertiary/aromatic N) is 1. The van der Waals surface area contributed by atoms with Crippen LogP contribution in [0.5, 0.6) is 0 Å². The Hall–Kier alpha value is -1.99. The molecule has 0 radical (unpaired) electrons. The average molecular weight is 322 g/mol. The van der Waals surface area contributed by atoms with Crippen LogP contribution in [-0.4, -0.2) is 43.3 Å². The van der Waals surface area contributed by atoms with Crippen molar-refractivity contribution in [1.29, 1.82) is 0 Å². The van der Waals surface area contributed by atoms with Gasteiger partial charge in [0.1, 0.15) is 0 Å². The van der Waals surface area contributed by atoms with Crippen molar-refractivity contribution in [3.8, 4) is 0 Å². The van der Waals surface area contributed by atoms with Crippen molar-refractivity contribution in [2.75, 3.05) is 26.4 Å². The fourth-order valence-corrected chi connectivity index (χ4v) is 2.53. The summed E-state index contributed by atoms with van der Waals surface area (Å²) in [7, 11) is 0. The number of rotatable bonds is 8. The summed E-state index contributed by atoms with van der Waals surface area (Å²) in [6, 6.07) is 4.50. The maximum Gasteiger partial charge on any atom is 0.273 e. The molecule has 1 amide bonds. The van der Waals surface area contributed by atoms with E-state index >= 15 is 0 Å². The summed E-state index contributed by atoms with van der Waals surface area (Å²) in [4.78, 5) is 22.5. The van der Waals surface area contributed by atoms with Crippen molar-refractivity contribution >= 4 is 11.6 Å². The van der Waals surface area contributed by atoms with E-state index in [0.717, 1.165) is 19.4 Å².